The molecule has 0 spiro atoms. The standard InChI is InChI=1S/C13H25NO5/c1-5-17-11(15)9-7-6-8-10-18-14-12(16)19-13(2,3)4/h5-10H2,1-4H3,(H,14,16). The molecule has 0 aromatic heterocycles. The fraction of sp³-hybridized carbons (Fsp3) is 0.846. The Hall–Kier alpha value is -1.30. The van der Waals surface area contributed by atoms with Crippen molar-refractivity contribution >= 4 is 12.1 Å². The van der Waals surface area contributed by atoms with E-state index in [1.807, 2.05) is 0 Å². The number of ether oxygens (including phenoxy) is 2. The molecule has 0 aromatic rings. The second kappa shape index (κ2) is 9.61. The van der Waals surface area contributed by atoms with Crippen molar-refractivity contribution in [3.8, 4) is 0 Å². The second-order valence-corrected chi connectivity index (χ2v) is 5.07. The maximum atomic E-state index is 11.2. The highest BCUT2D eigenvalue weighted by Gasteiger charge is 2.15. The van der Waals surface area contributed by atoms with E-state index in [1.54, 1.807) is 27.7 Å². The quantitative estimate of drug-likeness (QED) is 0.418. The van der Waals surface area contributed by atoms with E-state index in [4.69, 9.17) is 14.3 Å². The van der Waals surface area contributed by atoms with E-state index in [0.29, 0.717) is 19.6 Å². The van der Waals surface area contributed by atoms with Crippen LogP contribution in [-0.4, -0.2) is 30.9 Å². The van der Waals surface area contributed by atoms with Gasteiger partial charge in [0.25, 0.3) is 0 Å². The van der Waals surface area contributed by atoms with E-state index >= 15 is 0 Å². The van der Waals surface area contributed by atoms with E-state index in [0.717, 1.165) is 19.3 Å². The van der Waals surface area contributed by atoms with Gasteiger partial charge >= 0.3 is 12.1 Å². The van der Waals surface area contributed by atoms with E-state index in [-0.39, 0.29) is 5.97 Å². The molecule has 0 fully saturated rings. The Balaban J connectivity index is 3.36. The van der Waals surface area contributed by atoms with Gasteiger partial charge in [0.05, 0.1) is 13.2 Å². The molecule has 0 radical (unpaired) electrons. The van der Waals surface area contributed by atoms with Crippen molar-refractivity contribution in [1.29, 1.82) is 0 Å². The molecule has 6 nitrogen and oxygen atoms in total. The third kappa shape index (κ3) is 12.9. The van der Waals surface area contributed by atoms with Crippen molar-refractivity contribution in [1.82, 2.24) is 5.48 Å². The number of hydroxylamine groups is 1. The summed E-state index contributed by atoms with van der Waals surface area (Å²) in [7, 11) is 0. The Kier molecular flexibility index (Phi) is 8.95. The lowest BCUT2D eigenvalue weighted by Crippen LogP contribution is -2.32. The first-order valence-corrected chi connectivity index (χ1v) is 6.61. The van der Waals surface area contributed by atoms with Crippen LogP contribution < -0.4 is 5.48 Å². The molecule has 0 unspecified atom stereocenters. The summed E-state index contributed by atoms with van der Waals surface area (Å²) in [6, 6.07) is 0. The van der Waals surface area contributed by atoms with Gasteiger partial charge < -0.3 is 9.47 Å². The largest absolute Gasteiger partial charge is 0.466 e. The summed E-state index contributed by atoms with van der Waals surface area (Å²) in [5.74, 6) is -0.171. The lowest BCUT2D eigenvalue weighted by atomic mass is 10.2. The molecule has 0 aliphatic carbocycles. The number of carbonyl (C=O) groups is 2. The molecule has 112 valence electrons. The maximum Gasteiger partial charge on any atom is 0.431 e. The zero-order chi connectivity index (χ0) is 14.7. The van der Waals surface area contributed by atoms with Crippen LogP contribution in [0.1, 0.15) is 53.4 Å². The minimum Gasteiger partial charge on any atom is -0.466 e. The minimum atomic E-state index is -0.598. The summed E-state index contributed by atoms with van der Waals surface area (Å²) >= 11 is 0. The highest BCUT2D eigenvalue weighted by atomic mass is 16.7. The first-order valence-electron chi connectivity index (χ1n) is 6.61. The molecule has 0 bridgehead atoms. The summed E-state index contributed by atoms with van der Waals surface area (Å²) in [6.45, 7) is 7.93. The molecule has 0 atom stereocenters. The smallest absolute Gasteiger partial charge is 0.431 e. The summed E-state index contributed by atoms with van der Waals surface area (Å²) in [5, 5.41) is 0. The maximum absolute atomic E-state index is 11.2. The van der Waals surface area contributed by atoms with Crippen molar-refractivity contribution < 1.29 is 23.9 Å². The van der Waals surface area contributed by atoms with Crippen LogP contribution in [0.5, 0.6) is 0 Å². The zero-order valence-corrected chi connectivity index (χ0v) is 12.3. The van der Waals surface area contributed by atoms with Crippen LogP contribution in [0, 0.1) is 0 Å². The van der Waals surface area contributed by atoms with E-state index in [1.165, 1.54) is 0 Å². The summed E-state index contributed by atoms with van der Waals surface area (Å²) in [5.41, 5.74) is 1.67. The molecular formula is C13H25NO5. The summed E-state index contributed by atoms with van der Waals surface area (Å²) in [4.78, 5) is 27.2. The number of nitrogens with one attached hydrogen (secondary N) is 1. The highest BCUT2D eigenvalue weighted by Crippen LogP contribution is 2.06. The fourth-order valence-electron chi connectivity index (χ4n) is 1.26. The van der Waals surface area contributed by atoms with Crippen molar-refractivity contribution in [2.75, 3.05) is 13.2 Å². The highest BCUT2D eigenvalue weighted by molar-refractivity contribution is 5.69. The predicted molar refractivity (Wildman–Crippen MR) is 70.4 cm³/mol. The van der Waals surface area contributed by atoms with Gasteiger partial charge in [0, 0.05) is 6.42 Å². The van der Waals surface area contributed by atoms with Crippen molar-refractivity contribution in [2.45, 2.75) is 59.0 Å². The molecule has 19 heavy (non-hydrogen) atoms. The van der Waals surface area contributed by atoms with E-state index in [2.05, 4.69) is 5.48 Å². The topological polar surface area (TPSA) is 73.9 Å². The number of hydrogen-bond acceptors (Lipinski definition) is 5. The minimum absolute atomic E-state index is 0.171. The molecule has 6 heteroatoms. The van der Waals surface area contributed by atoms with Crippen LogP contribution in [0.3, 0.4) is 0 Å². The molecule has 0 heterocycles. The number of rotatable bonds is 8. The van der Waals surface area contributed by atoms with Gasteiger partial charge in [-0.3, -0.25) is 9.63 Å². The normalized spacial score (nSPS) is 10.9. The predicted octanol–water partition coefficient (Wildman–Crippen LogP) is 2.57. The van der Waals surface area contributed by atoms with Crippen LogP contribution >= 0.6 is 0 Å². The molecule has 0 saturated heterocycles. The van der Waals surface area contributed by atoms with Gasteiger partial charge in [-0.15, -0.1) is 0 Å². The Morgan fingerprint density at radius 1 is 1.11 bits per heavy atom. The Bertz CT molecular complexity index is 273. The Labute approximate surface area is 114 Å². The van der Waals surface area contributed by atoms with Gasteiger partial charge in [-0.1, -0.05) is 6.42 Å². The molecule has 1 N–H and O–H groups in total. The molecule has 1 amide bonds. The van der Waals surface area contributed by atoms with Gasteiger partial charge in [-0.05, 0) is 40.5 Å². The second-order valence-electron chi connectivity index (χ2n) is 5.07. The van der Waals surface area contributed by atoms with Gasteiger partial charge in [0.15, 0.2) is 0 Å². The number of amides is 1. The first kappa shape index (κ1) is 17.7. The van der Waals surface area contributed by atoms with Gasteiger partial charge in [0.2, 0.25) is 0 Å². The number of unbranched alkanes of at least 4 members (excludes halogenated alkanes) is 2. The van der Waals surface area contributed by atoms with Crippen LogP contribution in [0.25, 0.3) is 0 Å². The van der Waals surface area contributed by atoms with Crippen LogP contribution in [-0.2, 0) is 19.1 Å². The monoisotopic (exact) mass is 275 g/mol. The number of hydrogen-bond donors (Lipinski definition) is 1. The van der Waals surface area contributed by atoms with Gasteiger partial charge in [0.1, 0.15) is 5.60 Å². The van der Waals surface area contributed by atoms with Gasteiger partial charge in [-0.2, -0.15) is 5.48 Å². The lowest BCUT2D eigenvalue weighted by Gasteiger charge is -2.19. The Morgan fingerprint density at radius 2 is 1.79 bits per heavy atom. The summed E-state index contributed by atoms with van der Waals surface area (Å²) < 4.78 is 9.79. The van der Waals surface area contributed by atoms with Crippen molar-refractivity contribution in [3.63, 3.8) is 0 Å². The third-order valence-corrected chi connectivity index (χ3v) is 1.99. The Morgan fingerprint density at radius 3 is 2.37 bits per heavy atom. The van der Waals surface area contributed by atoms with Crippen LogP contribution in [0.2, 0.25) is 0 Å². The average Bonchev–Trinajstić information content (AvgIpc) is 2.25. The lowest BCUT2D eigenvalue weighted by molar-refractivity contribution is -0.143. The third-order valence-electron chi connectivity index (χ3n) is 1.99. The van der Waals surface area contributed by atoms with Crippen LogP contribution in [0.15, 0.2) is 0 Å². The summed E-state index contributed by atoms with van der Waals surface area (Å²) in [6.07, 6.45) is 2.19. The van der Waals surface area contributed by atoms with Crippen molar-refractivity contribution in [3.05, 3.63) is 0 Å². The fourth-order valence-corrected chi connectivity index (χ4v) is 1.26. The first-order chi connectivity index (χ1) is 8.85. The number of esters is 1. The molecule has 0 rings (SSSR count). The molecule has 0 aromatic carbocycles. The zero-order valence-electron chi connectivity index (χ0n) is 12.3. The average molecular weight is 275 g/mol. The van der Waals surface area contributed by atoms with Gasteiger partial charge in [-0.25, -0.2) is 4.79 Å². The number of carbonyl (C=O) groups excluding carboxylic acids is 2. The van der Waals surface area contributed by atoms with Crippen molar-refractivity contribution in [2.24, 2.45) is 0 Å². The molecule has 0 aliphatic rings. The molecular weight excluding hydrogens is 250 g/mol. The van der Waals surface area contributed by atoms with Crippen LogP contribution in [0.4, 0.5) is 4.79 Å². The van der Waals surface area contributed by atoms with E-state index < -0.39 is 11.7 Å². The molecule has 0 aliphatic heterocycles. The molecule has 0 saturated carbocycles. The van der Waals surface area contributed by atoms with E-state index in [9.17, 15) is 9.59 Å². The SMILES string of the molecule is CCOC(=O)CCCCCONC(=O)OC(C)(C)C.